The van der Waals surface area contributed by atoms with Gasteiger partial charge in [-0.2, -0.15) is 0 Å². The van der Waals surface area contributed by atoms with Crippen molar-refractivity contribution < 1.29 is 9.53 Å². The van der Waals surface area contributed by atoms with Crippen molar-refractivity contribution in [2.24, 2.45) is 0 Å². The first-order valence-corrected chi connectivity index (χ1v) is 8.71. The highest BCUT2D eigenvalue weighted by molar-refractivity contribution is 5.76. The summed E-state index contributed by atoms with van der Waals surface area (Å²) in [6.07, 6.45) is 2.94. The lowest BCUT2D eigenvalue weighted by molar-refractivity contribution is -0.124. The summed E-state index contributed by atoms with van der Waals surface area (Å²) in [5.41, 5.74) is 1.28. The maximum Gasteiger partial charge on any atom is 0.222 e. The average molecular weight is 317 g/mol. The Bertz CT molecular complexity index is 482. The number of carbonyl (C=O) groups is 1. The number of rotatable bonds is 6. The first-order chi connectivity index (χ1) is 11.3. The molecular formula is C18H27N3O2. The third-order valence-corrected chi connectivity index (χ3v) is 4.68. The maximum atomic E-state index is 12.2. The number of hydrogen-bond donors (Lipinski definition) is 2. The Morgan fingerprint density at radius 3 is 2.78 bits per heavy atom. The van der Waals surface area contributed by atoms with Crippen LogP contribution in [0, 0.1) is 0 Å². The van der Waals surface area contributed by atoms with Crippen LogP contribution in [0.4, 0.5) is 0 Å². The molecule has 0 radical (unpaired) electrons. The van der Waals surface area contributed by atoms with Crippen molar-refractivity contribution in [3.8, 4) is 0 Å². The normalized spacial score (nSPS) is 23.6. The molecule has 1 amide bonds. The van der Waals surface area contributed by atoms with Gasteiger partial charge in [-0.25, -0.2) is 0 Å². The summed E-state index contributed by atoms with van der Waals surface area (Å²) >= 11 is 0. The predicted octanol–water partition coefficient (Wildman–Crippen LogP) is 1.32. The summed E-state index contributed by atoms with van der Waals surface area (Å²) in [4.78, 5) is 14.7. The Hall–Kier alpha value is -1.43. The van der Waals surface area contributed by atoms with Crippen LogP contribution in [0.15, 0.2) is 30.3 Å². The summed E-state index contributed by atoms with van der Waals surface area (Å²) < 4.78 is 5.61. The van der Waals surface area contributed by atoms with Gasteiger partial charge in [0, 0.05) is 19.6 Å². The van der Waals surface area contributed by atoms with Crippen LogP contribution in [-0.4, -0.2) is 56.2 Å². The number of morpholine rings is 1. The second kappa shape index (κ2) is 8.43. The van der Waals surface area contributed by atoms with Gasteiger partial charge in [-0.3, -0.25) is 9.69 Å². The first kappa shape index (κ1) is 16.4. The standard InChI is InChI=1S/C18H27N3O2/c22-18(12-16-13-19-8-11-23-16)20-14-17(21-9-4-5-10-21)15-6-2-1-3-7-15/h1-3,6-7,16-17,19H,4-5,8-14H2,(H,20,22). The summed E-state index contributed by atoms with van der Waals surface area (Å²) in [6.45, 7) is 5.24. The number of benzene rings is 1. The predicted molar refractivity (Wildman–Crippen MR) is 90.2 cm³/mol. The average Bonchev–Trinajstić information content (AvgIpc) is 3.11. The van der Waals surface area contributed by atoms with Crippen LogP contribution in [0.1, 0.15) is 30.9 Å². The molecule has 1 aromatic rings. The van der Waals surface area contributed by atoms with E-state index in [0.717, 1.165) is 26.2 Å². The molecule has 5 heteroatoms. The van der Waals surface area contributed by atoms with Crippen molar-refractivity contribution in [2.75, 3.05) is 39.3 Å². The van der Waals surface area contributed by atoms with Gasteiger partial charge in [0.2, 0.25) is 5.91 Å². The highest BCUT2D eigenvalue weighted by Gasteiger charge is 2.24. The highest BCUT2D eigenvalue weighted by Crippen LogP contribution is 2.24. The van der Waals surface area contributed by atoms with Crippen LogP contribution in [0.2, 0.25) is 0 Å². The third-order valence-electron chi connectivity index (χ3n) is 4.68. The SMILES string of the molecule is O=C(CC1CNCCO1)NCC(c1ccccc1)N1CCCC1. The highest BCUT2D eigenvalue weighted by atomic mass is 16.5. The Balaban J connectivity index is 1.54. The molecule has 0 aliphatic carbocycles. The molecule has 0 saturated carbocycles. The molecule has 0 aromatic heterocycles. The molecule has 5 nitrogen and oxygen atoms in total. The molecule has 2 N–H and O–H groups in total. The molecule has 2 heterocycles. The van der Waals surface area contributed by atoms with Crippen molar-refractivity contribution in [2.45, 2.75) is 31.4 Å². The van der Waals surface area contributed by atoms with Gasteiger partial charge in [-0.15, -0.1) is 0 Å². The van der Waals surface area contributed by atoms with Crippen LogP contribution in [0.25, 0.3) is 0 Å². The summed E-state index contributed by atoms with van der Waals surface area (Å²) in [6, 6.07) is 10.8. The molecule has 126 valence electrons. The monoisotopic (exact) mass is 317 g/mol. The van der Waals surface area contributed by atoms with Gasteiger partial charge >= 0.3 is 0 Å². The van der Waals surface area contributed by atoms with Crippen molar-refractivity contribution in [1.82, 2.24) is 15.5 Å². The van der Waals surface area contributed by atoms with Crippen LogP contribution in [0.5, 0.6) is 0 Å². The second-order valence-electron chi connectivity index (χ2n) is 6.37. The lowest BCUT2D eigenvalue weighted by Crippen LogP contribution is -2.43. The molecule has 0 spiro atoms. The number of nitrogens with zero attached hydrogens (tertiary/aromatic N) is 1. The van der Waals surface area contributed by atoms with E-state index in [1.165, 1.54) is 18.4 Å². The fourth-order valence-electron chi connectivity index (χ4n) is 3.43. The zero-order valence-electron chi connectivity index (χ0n) is 13.7. The number of ether oxygens (including phenoxy) is 1. The molecule has 2 fully saturated rings. The third kappa shape index (κ3) is 4.77. The van der Waals surface area contributed by atoms with E-state index >= 15 is 0 Å². The topological polar surface area (TPSA) is 53.6 Å². The number of nitrogens with one attached hydrogen (secondary N) is 2. The van der Waals surface area contributed by atoms with Crippen molar-refractivity contribution in [3.05, 3.63) is 35.9 Å². The summed E-state index contributed by atoms with van der Waals surface area (Å²) in [7, 11) is 0. The molecule has 0 bridgehead atoms. The van der Waals surface area contributed by atoms with Crippen molar-refractivity contribution >= 4 is 5.91 Å². The maximum absolute atomic E-state index is 12.2. The molecule has 2 atom stereocenters. The largest absolute Gasteiger partial charge is 0.375 e. The summed E-state index contributed by atoms with van der Waals surface area (Å²) in [5.74, 6) is 0.0822. The van der Waals surface area contributed by atoms with Crippen molar-refractivity contribution in [1.29, 1.82) is 0 Å². The van der Waals surface area contributed by atoms with E-state index in [-0.39, 0.29) is 18.1 Å². The first-order valence-electron chi connectivity index (χ1n) is 8.71. The van der Waals surface area contributed by atoms with E-state index in [4.69, 9.17) is 4.74 Å². The van der Waals surface area contributed by atoms with Gasteiger partial charge in [0.15, 0.2) is 0 Å². The number of carbonyl (C=O) groups excluding carboxylic acids is 1. The Labute approximate surface area is 138 Å². The van der Waals surface area contributed by atoms with E-state index in [1.54, 1.807) is 0 Å². The molecule has 1 aromatic carbocycles. The molecule has 3 rings (SSSR count). The van der Waals surface area contributed by atoms with Crippen LogP contribution in [0.3, 0.4) is 0 Å². The van der Waals surface area contributed by atoms with Gasteiger partial charge in [0.05, 0.1) is 25.2 Å². The molecule has 2 unspecified atom stereocenters. The fourth-order valence-corrected chi connectivity index (χ4v) is 3.43. The van der Waals surface area contributed by atoms with Gasteiger partial charge in [-0.05, 0) is 31.5 Å². The number of amides is 1. The van der Waals surface area contributed by atoms with Gasteiger partial charge in [0.1, 0.15) is 0 Å². The number of hydrogen-bond acceptors (Lipinski definition) is 4. The van der Waals surface area contributed by atoms with E-state index in [9.17, 15) is 4.79 Å². The van der Waals surface area contributed by atoms with Gasteiger partial charge < -0.3 is 15.4 Å². The smallest absolute Gasteiger partial charge is 0.222 e. The van der Waals surface area contributed by atoms with Gasteiger partial charge in [-0.1, -0.05) is 30.3 Å². The Morgan fingerprint density at radius 2 is 2.09 bits per heavy atom. The number of likely N-dealkylation sites (tertiary alicyclic amines) is 1. The zero-order valence-corrected chi connectivity index (χ0v) is 13.7. The molecule has 2 saturated heterocycles. The zero-order chi connectivity index (χ0) is 15.9. The lowest BCUT2D eigenvalue weighted by Gasteiger charge is -2.29. The molecule has 2 aliphatic heterocycles. The second-order valence-corrected chi connectivity index (χ2v) is 6.37. The van der Waals surface area contributed by atoms with E-state index in [0.29, 0.717) is 19.6 Å². The molecule has 2 aliphatic rings. The fraction of sp³-hybridized carbons (Fsp3) is 0.611. The molecular weight excluding hydrogens is 290 g/mol. The van der Waals surface area contributed by atoms with E-state index in [1.807, 2.05) is 6.07 Å². The van der Waals surface area contributed by atoms with E-state index < -0.39 is 0 Å². The molecule has 23 heavy (non-hydrogen) atoms. The van der Waals surface area contributed by atoms with Crippen LogP contribution < -0.4 is 10.6 Å². The quantitative estimate of drug-likeness (QED) is 0.831. The van der Waals surface area contributed by atoms with Crippen LogP contribution in [-0.2, 0) is 9.53 Å². The Morgan fingerprint density at radius 1 is 1.30 bits per heavy atom. The van der Waals surface area contributed by atoms with Crippen LogP contribution >= 0.6 is 0 Å². The van der Waals surface area contributed by atoms with Crippen molar-refractivity contribution in [3.63, 3.8) is 0 Å². The van der Waals surface area contributed by atoms with E-state index in [2.05, 4.69) is 39.8 Å². The minimum Gasteiger partial charge on any atom is -0.375 e. The van der Waals surface area contributed by atoms with Gasteiger partial charge in [0.25, 0.3) is 0 Å². The Kier molecular flexibility index (Phi) is 6.02. The minimum atomic E-state index is 0.00529. The lowest BCUT2D eigenvalue weighted by atomic mass is 10.1. The minimum absolute atomic E-state index is 0.00529. The summed E-state index contributed by atoms with van der Waals surface area (Å²) in [5, 5.41) is 6.38.